The van der Waals surface area contributed by atoms with Gasteiger partial charge in [0.2, 0.25) is 0 Å². The van der Waals surface area contributed by atoms with Gasteiger partial charge in [-0.2, -0.15) is 0 Å². The van der Waals surface area contributed by atoms with Gasteiger partial charge in [0.25, 0.3) is 0 Å². The standard InChI is InChI=1S/C24H31FN2O2/c1-22(2)21(23(3,4)24(22,29)17-5-11-20(28)12-6-17)27-15-13-26(14-16-27)19-9-7-18(25)8-10-19/h5-12,21,28-29H,13-16H2,1-4H3. The zero-order valence-electron chi connectivity index (χ0n) is 17.7. The van der Waals surface area contributed by atoms with Crippen LogP contribution >= 0.6 is 0 Å². The minimum absolute atomic E-state index is 0.209. The van der Waals surface area contributed by atoms with E-state index in [0.29, 0.717) is 0 Å². The lowest BCUT2D eigenvalue weighted by molar-refractivity contribution is -0.307. The summed E-state index contributed by atoms with van der Waals surface area (Å²) in [6.07, 6.45) is 0. The van der Waals surface area contributed by atoms with Crippen molar-refractivity contribution in [3.8, 4) is 5.75 Å². The van der Waals surface area contributed by atoms with Crippen LogP contribution in [0.4, 0.5) is 10.1 Å². The van der Waals surface area contributed by atoms with Gasteiger partial charge in [0.15, 0.2) is 0 Å². The van der Waals surface area contributed by atoms with Crippen molar-refractivity contribution >= 4 is 5.69 Å². The van der Waals surface area contributed by atoms with Crippen molar-refractivity contribution in [2.45, 2.75) is 39.3 Å². The van der Waals surface area contributed by atoms with Gasteiger partial charge >= 0.3 is 0 Å². The predicted molar refractivity (Wildman–Crippen MR) is 114 cm³/mol. The molecule has 2 aromatic carbocycles. The molecule has 0 aromatic heterocycles. The Labute approximate surface area is 172 Å². The van der Waals surface area contributed by atoms with E-state index in [0.717, 1.165) is 37.4 Å². The summed E-state index contributed by atoms with van der Waals surface area (Å²) >= 11 is 0. The normalized spacial score (nSPS) is 28.8. The Morgan fingerprint density at radius 2 is 1.34 bits per heavy atom. The highest BCUT2D eigenvalue weighted by Crippen LogP contribution is 2.68. The molecular formula is C24H31FN2O2. The molecule has 2 aromatic rings. The summed E-state index contributed by atoms with van der Waals surface area (Å²) in [5.74, 6) is -0.000352. The van der Waals surface area contributed by atoms with Gasteiger partial charge in [-0.05, 0) is 42.0 Å². The second-order valence-electron chi connectivity index (χ2n) is 9.60. The summed E-state index contributed by atoms with van der Waals surface area (Å²) < 4.78 is 13.2. The molecule has 1 aliphatic carbocycles. The topological polar surface area (TPSA) is 46.9 Å². The second kappa shape index (κ2) is 6.71. The van der Waals surface area contributed by atoms with E-state index >= 15 is 0 Å². The molecular weight excluding hydrogens is 367 g/mol. The molecule has 2 N–H and O–H groups in total. The molecule has 4 rings (SSSR count). The van der Waals surface area contributed by atoms with Gasteiger partial charge in [-0.3, -0.25) is 4.90 Å². The zero-order chi connectivity index (χ0) is 21.0. The zero-order valence-corrected chi connectivity index (χ0v) is 17.7. The van der Waals surface area contributed by atoms with Gasteiger partial charge in [-0.25, -0.2) is 4.39 Å². The first-order valence-corrected chi connectivity index (χ1v) is 10.4. The molecule has 1 heterocycles. The number of piperazine rings is 1. The summed E-state index contributed by atoms with van der Waals surface area (Å²) in [6.45, 7) is 12.1. The minimum Gasteiger partial charge on any atom is -0.508 e. The Balaban J connectivity index is 1.53. The first kappa shape index (κ1) is 20.2. The average molecular weight is 399 g/mol. The number of halogens is 1. The Morgan fingerprint density at radius 1 is 0.828 bits per heavy atom. The maximum atomic E-state index is 13.2. The van der Waals surface area contributed by atoms with Crippen LogP contribution in [0.3, 0.4) is 0 Å². The number of phenolic OH excluding ortho intramolecular Hbond substituents is 1. The quantitative estimate of drug-likeness (QED) is 0.821. The number of hydrogen-bond donors (Lipinski definition) is 2. The Hall–Kier alpha value is -2.11. The Bertz CT molecular complexity index is 853. The molecule has 0 atom stereocenters. The third kappa shape index (κ3) is 2.86. The van der Waals surface area contributed by atoms with E-state index in [1.807, 2.05) is 24.3 Å². The van der Waals surface area contributed by atoms with Gasteiger partial charge in [0, 0.05) is 48.7 Å². The molecule has 0 radical (unpaired) electrons. The van der Waals surface area contributed by atoms with Crippen LogP contribution in [0.1, 0.15) is 33.3 Å². The predicted octanol–water partition coefficient (Wildman–Crippen LogP) is 3.98. The fourth-order valence-electron chi connectivity index (χ4n) is 6.30. The maximum Gasteiger partial charge on any atom is 0.123 e. The first-order valence-electron chi connectivity index (χ1n) is 10.4. The highest BCUT2D eigenvalue weighted by atomic mass is 19.1. The van der Waals surface area contributed by atoms with Crippen LogP contribution in [0.15, 0.2) is 48.5 Å². The number of nitrogens with zero attached hydrogens (tertiary/aromatic N) is 2. The fraction of sp³-hybridized carbons (Fsp3) is 0.500. The van der Waals surface area contributed by atoms with Crippen LogP contribution in [0.25, 0.3) is 0 Å². The van der Waals surface area contributed by atoms with E-state index in [-0.39, 0.29) is 28.4 Å². The van der Waals surface area contributed by atoms with E-state index < -0.39 is 5.60 Å². The lowest BCUT2D eigenvalue weighted by Crippen LogP contribution is -2.79. The van der Waals surface area contributed by atoms with E-state index in [1.165, 1.54) is 12.1 Å². The van der Waals surface area contributed by atoms with Crippen molar-refractivity contribution < 1.29 is 14.6 Å². The molecule has 0 unspecified atom stereocenters. The SMILES string of the molecule is CC1(C)C(N2CCN(c3ccc(F)cc3)CC2)C(C)(C)C1(O)c1ccc(O)cc1. The van der Waals surface area contributed by atoms with Crippen molar-refractivity contribution in [1.29, 1.82) is 0 Å². The molecule has 1 saturated heterocycles. The van der Waals surface area contributed by atoms with Crippen LogP contribution < -0.4 is 4.90 Å². The number of rotatable bonds is 3. The largest absolute Gasteiger partial charge is 0.508 e. The first-order chi connectivity index (χ1) is 13.6. The van der Waals surface area contributed by atoms with Gasteiger partial charge in [-0.15, -0.1) is 0 Å². The van der Waals surface area contributed by atoms with Crippen LogP contribution in [0, 0.1) is 16.6 Å². The maximum absolute atomic E-state index is 13.2. The second-order valence-corrected chi connectivity index (χ2v) is 9.60. The van der Waals surface area contributed by atoms with E-state index in [4.69, 9.17) is 0 Å². The van der Waals surface area contributed by atoms with Gasteiger partial charge in [0.05, 0.1) is 0 Å². The van der Waals surface area contributed by atoms with E-state index in [2.05, 4.69) is 37.5 Å². The molecule has 0 amide bonds. The number of phenols is 1. The van der Waals surface area contributed by atoms with Crippen molar-refractivity contribution in [1.82, 2.24) is 4.90 Å². The molecule has 4 nitrogen and oxygen atoms in total. The van der Waals surface area contributed by atoms with Gasteiger partial charge < -0.3 is 15.1 Å². The van der Waals surface area contributed by atoms with Crippen LogP contribution in [-0.2, 0) is 5.60 Å². The van der Waals surface area contributed by atoms with Crippen molar-refractivity contribution in [3.05, 3.63) is 59.9 Å². The summed E-state index contributed by atoms with van der Waals surface area (Å²) in [5, 5.41) is 21.5. The fourth-order valence-corrected chi connectivity index (χ4v) is 6.30. The monoisotopic (exact) mass is 398 g/mol. The van der Waals surface area contributed by atoms with E-state index in [1.54, 1.807) is 12.1 Å². The van der Waals surface area contributed by atoms with Crippen LogP contribution in [-0.4, -0.2) is 47.3 Å². The highest BCUT2D eigenvalue weighted by molar-refractivity contribution is 5.47. The number of benzene rings is 2. The highest BCUT2D eigenvalue weighted by Gasteiger charge is 2.73. The van der Waals surface area contributed by atoms with Crippen LogP contribution in [0.5, 0.6) is 5.75 Å². The van der Waals surface area contributed by atoms with Gasteiger partial charge in [-0.1, -0.05) is 39.8 Å². The third-order valence-electron chi connectivity index (χ3n) is 7.39. The molecule has 1 aliphatic heterocycles. The Morgan fingerprint density at radius 3 is 1.86 bits per heavy atom. The molecule has 2 fully saturated rings. The number of hydrogen-bond acceptors (Lipinski definition) is 4. The number of aromatic hydroxyl groups is 1. The van der Waals surface area contributed by atoms with Crippen LogP contribution in [0.2, 0.25) is 0 Å². The van der Waals surface area contributed by atoms with Gasteiger partial charge in [0.1, 0.15) is 17.2 Å². The molecule has 156 valence electrons. The van der Waals surface area contributed by atoms with Crippen molar-refractivity contribution in [2.75, 3.05) is 31.1 Å². The average Bonchev–Trinajstić information content (AvgIpc) is 2.68. The summed E-state index contributed by atoms with van der Waals surface area (Å²) in [7, 11) is 0. The molecule has 1 saturated carbocycles. The lowest BCUT2D eigenvalue weighted by Gasteiger charge is -2.72. The lowest BCUT2D eigenvalue weighted by atomic mass is 9.39. The molecule has 0 spiro atoms. The summed E-state index contributed by atoms with van der Waals surface area (Å²) in [5.41, 5.74) is 0.244. The smallest absolute Gasteiger partial charge is 0.123 e. The summed E-state index contributed by atoms with van der Waals surface area (Å²) in [4.78, 5) is 4.79. The van der Waals surface area contributed by atoms with Crippen molar-refractivity contribution in [3.63, 3.8) is 0 Å². The number of aliphatic hydroxyl groups is 1. The van der Waals surface area contributed by atoms with E-state index in [9.17, 15) is 14.6 Å². The molecule has 5 heteroatoms. The Kier molecular flexibility index (Phi) is 4.67. The number of anilines is 1. The summed E-state index contributed by atoms with van der Waals surface area (Å²) in [6, 6.07) is 13.9. The molecule has 29 heavy (non-hydrogen) atoms. The molecule has 2 aliphatic rings. The van der Waals surface area contributed by atoms with Crippen molar-refractivity contribution in [2.24, 2.45) is 10.8 Å². The molecule has 0 bridgehead atoms. The minimum atomic E-state index is -0.980. The third-order valence-corrected chi connectivity index (χ3v) is 7.39.